The lowest BCUT2D eigenvalue weighted by Crippen LogP contribution is -2.08. The molecule has 0 aromatic carbocycles. The van der Waals surface area contributed by atoms with E-state index in [-0.39, 0.29) is 6.79 Å². The highest BCUT2D eigenvalue weighted by Gasteiger charge is 1.97. The van der Waals surface area contributed by atoms with Gasteiger partial charge in [-0.05, 0) is 6.42 Å². The first-order valence-electron chi connectivity index (χ1n) is 3.59. The van der Waals surface area contributed by atoms with E-state index in [0.29, 0.717) is 6.61 Å². The maximum atomic E-state index is 10.3. The summed E-state index contributed by atoms with van der Waals surface area (Å²) in [5.74, 6) is 0. The molecular formula is C7H14O4. The second-order valence-electron chi connectivity index (χ2n) is 1.98. The number of hydrogen-bond acceptors (Lipinski definition) is 4. The number of ether oxygens (including phenoxy) is 3. The van der Waals surface area contributed by atoms with Gasteiger partial charge in [-0.25, -0.2) is 4.79 Å². The van der Waals surface area contributed by atoms with Crippen molar-refractivity contribution in [1.29, 1.82) is 0 Å². The molecule has 0 atom stereocenters. The summed E-state index contributed by atoms with van der Waals surface area (Å²) in [6, 6.07) is 0. The Morgan fingerprint density at radius 3 is 2.73 bits per heavy atom. The molecule has 4 nitrogen and oxygen atoms in total. The highest BCUT2D eigenvalue weighted by molar-refractivity contribution is 5.59. The van der Waals surface area contributed by atoms with Gasteiger partial charge in [0.15, 0.2) is 6.79 Å². The summed E-state index contributed by atoms with van der Waals surface area (Å²) in [6.07, 6.45) is 1.34. The van der Waals surface area contributed by atoms with E-state index < -0.39 is 6.16 Å². The molecule has 0 N–H and O–H groups in total. The normalized spacial score (nSPS) is 9.27. The molecule has 0 aliphatic rings. The quantitative estimate of drug-likeness (QED) is 0.349. The molecule has 11 heavy (non-hydrogen) atoms. The molecule has 0 heterocycles. The summed E-state index contributed by atoms with van der Waals surface area (Å²) < 4.78 is 13.6. The first kappa shape index (κ1) is 10.2. The third-order valence-electron chi connectivity index (χ3n) is 1.07. The highest BCUT2D eigenvalue weighted by Crippen LogP contribution is 1.89. The van der Waals surface area contributed by atoms with Crippen LogP contribution < -0.4 is 0 Å². The monoisotopic (exact) mass is 162 g/mol. The lowest BCUT2D eigenvalue weighted by Gasteiger charge is -2.02. The van der Waals surface area contributed by atoms with Crippen molar-refractivity contribution in [1.82, 2.24) is 0 Å². The summed E-state index contributed by atoms with van der Waals surface area (Å²) in [4.78, 5) is 10.3. The average Bonchev–Trinajstić information content (AvgIpc) is 2.04. The Morgan fingerprint density at radius 2 is 2.18 bits per heavy atom. The van der Waals surface area contributed by atoms with Crippen molar-refractivity contribution in [2.75, 3.05) is 20.5 Å². The Labute approximate surface area is 66.4 Å². The van der Waals surface area contributed by atoms with Gasteiger partial charge in [0.05, 0.1) is 13.7 Å². The molecule has 66 valence electrons. The van der Waals surface area contributed by atoms with Crippen LogP contribution in [0.4, 0.5) is 4.79 Å². The zero-order valence-corrected chi connectivity index (χ0v) is 6.96. The van der Waals surface area contributed by atoms with Crippen molar-refractivity contribution in [3.63, 3.8) is 0 Å². The fourth-order valence-electron chi connectivity index (χ4n) is 0.454. The van der Waals surface area contributed by atoms with E-state index in [9.17, 15) is 4.79 Å². The number of rotatable bonds is 5. The van der Waals surface area contributed by atoms with Gasteiger partial charge >= 0.3 is 6.16 Å². The van der Waals surface area contributed by atoms with Crippen LogP contribution in [0.2, 0.25) is 0 Å². The summed E-state index contributed by atoms with van der Waals surface area (Å²) in [5, 5.41) is 0. The molecule has 0 aromatic heterocycles. The molecule has 0 amide bonds. The van der Waals surface area contributed by atoms with Crippen LogP contribution in [0.3, 0.4) is 0 Å². The van der Waals surface area contributed by atoms with E-state index in [0.717, 1.165) is 12.8 Å². The third kappa shape index (κ3) is 7.12. The molecule has 0 radical (unpaired) electrons. The Balaban J connectivity index is 2.95. The minimum absolute atomic E-state index is 0.0212. The van der Waals surface area contributed by atoms with Gasteiger partial charge in [-0.2, -0.15) is 0 Å². The van der Waals surface area contributed by atoms with Crippen LogP contribution in [0.5, 0.6) is 0 Å². The van der Waals surface area contributed by atoms with Gasteiger partial charge in [0.1, 0.15) is 0 Å². The summed E-state index contributed by atoms with van der Waals surface area (Å²) in [7, 11) is 1.26. The van der Waals surface area contributed by atoms with Crippen LogP contribution in [-0.4, -0.2) is 26.7 Å². The molecule has 0 saturated carbocycles. The topological polar surface area (TPSA) is 44.8 Å². The molecule has 0 unspecified atom stereocenters. The minimum atomic E-state index is -0.707. The molecule has 0 aliphatic carbocycles. The van der Waals surface area contributed by atoms with Crippen LogP contribution in [0.1, 0.15) is 19.8 Å². The largest absolute Gasteiger partial charge is 0.510 e. The zero-order chi connectivity index (χ0) is 8.53. The standard InChI is InChI=1S/C7H14O4/c1-3-4-5-10-6-11-7(8)9-2/h3-6H2,1-2H3. The average molecular weight is 162 g/mol. The number of methoxy groups -OCH3 is 1. The summed E-state index contributed by atoms with van der Waals surface area (Å²) >= 11 is 0. The first-order valence-corrected chi connectivity index (χ1v) is 3.59. The predicted octanol–water partition coefficient (Wildman–Crippen LogP) is 1.54. The second-order valence-corrected chi connectivity index (χ2v) is 1.98. The van der Waals surface area contributed by atoms with Gasteiger partial charge in [0.25, 0.3) is 0 Å². The maximum absolute atomic E-state index is 10.3. The van der Waals surface area contributed by atoms with E-state index >= 15 is 0 Å². The lowest BCUT2D eigenvalue weighted by atomic mass is 10.4. The van der Waals surface area contributed by atoms with Gasteiger partial charge in [0, 0.05) is 0 Å². The van der Waals surface area contributed by atoms with Crippen molar-refractivity contribution < 1.29 is 19.0 Å². The van der Waals surface area contributed by atoms with E-state index in [4.69, 9.17) is 4.74 Å². The number of hydrogen-bond donors (Lipinski definition) is 0. The smallest absolute Gasteiger partial charge is 0.438 e. The Bertz CT molecular complexity index is 103. The van der Waals surface area contributed by atoms with Gasteiger partial charge in [-0.3, -0.25) is 0 Å². The van der Waals surface area contributed by atoms with Gasteiger partial charge in [-0.15, -0.1) is 0 Å². The number of unbranched alkanes of at least 4 members (excludes halogenated alkanes) is 1. The van der Waals surface area contributed by atoms with Gasteiger partial charge < -0.3 is 14.2 Å². The van der Waals surface area contributed by atoms with Crippen molar-refractivity contribution in [3.05, 3.63) is 0 Å². The Hall–Kier alpha value is -0.770. The number of carbonyl (C=O) groups is 1. The first-order chi connectivity index (χ1) is 5.31. The maximum Gasteiger partial charge on any atom is 0.510 e. The van der Waals surface area contributed by atoms with E-state index in [1.54, 1.807) is 0 Å². The fraction of sp³-hybridized carbons (Fsp3) is 0.857. The van der Waals surface area contributed by atoms with Crippen molar-refractivity contribution >= 4 is 6.16 Å². The Morgan fingerprint density at radius 1 is 1.45 bits per heavy atom. The molecule has 0 spiro atoms. The highest BCUT2D eigenvalue weighted by atomic mass is 16.8. The molecule has 0 bridgehead atoms. The van der Waals surface area contributed by atoms with Crippen LogP contribution in [0.25, 0.3) is 0 Å². The second kappa shape index (κ2) is 7.34. The lowest BCUT2D eigenvalue weighted by molar-refractivity contribution is -0.0399. The summed E-state index contributed by atoms with van der Waals surface area (Å²) in [6.45, 7) is 2.66. The fourth-order valence-corrected chi connectivity index (χ4v) is 0.454. The van der Waals surface area contributed by atoms with E-state index in [1.807, 2.05) is 0 Å². The van der Waals surface area contributed by atoms with Crippen LogP contribution >= 0.6 is 0 Å². The molecule has 0 saturated heterocycles. The molecule has 0 rings (SSSR count). The molecular weight excluding hydrogens is 148 g/mol. The molecule has 4 heteroatoms. The van der Waals surface area contributed by atoms with Crippen molar-refractivity contribution in [3.8, 4) is 0 Å². The van der Waals surface area contributed by atoms with E-state index in [2.05, 4.69) is 16.4 Å². The minimum Gasteiger partial charge on any atom is -0.438 e. The SMILES string of the molecule is CCCCOCOC(=O)OC. The van der Waals surface area contributed by atoms with Crippen molar-refractivity contribution in [2.45, 2.75) is 19.8 Å². The predicted molar refractivity (Wildman–Crippen MR) is 39.2 cm³/mol. The number of carbonyl (C=O) groups excluding carboxylic acids is 1. The van der Waals surface area contributed by atoms with E-state index in [1.165, 1.54) is 7.11 Å². The Kier molecular flexibility index (Phi) is 6.82. The molecule has 0 aliphatic heterocycles. The van der Waals surface area contributed by atoms with Crippen molar-refractivity contribution in [2.24, 2.45) is 0 Å². The van der Waals surface area contributed by atoms with Crippen LogP contribution in [0.15, 0.2) is 0 Å². The third-order valence-corrected chi connectivity index (χ3v) is 1.07. The summed E-state index contributed by atoms with van der Waals surface area (Å²) in [5.41, 5.74) is 0. The molecule has 0 fully saturated rings. The van der Waals surface area contributed by atoms with Gasteiger partial charge in [-0.1, -0.05) is 13.3 Å². The molecule has 0 aromatic rings. The van der Waals surface area contributed by atoms with Crippen LogP contribution in [-0.2, 0) is 14.2 Å². The zero-order valence-electron chi connectivity index (χ0n) is 6.96. The van der Waals surface area contributed by atoms with Gasteiger partial charge in [0.2, 0.25) is 0 Å². The van der Waals surface area contributed by atoms with Crippen LogP contribution in [0, 0.1) is 0 Å².